The summed E-state index contributed by atoms with van der Waals surface area (Å²) in [5, 5.41) is 0. The first kappa shape index (κ1) is 18.4. The lowest BCUT2D eigenvalue weighted by molar-refractivity contribution is -0.129. The number of ether oxygens (including phenoxy) is 2. The van der Waals surface area contributed by atoms with Gasteiger partial charge in [0.2, 0.25) is 5.90 Å². The van der Waals surface area contributed by atoms with E-state index in [1.54, 1.807) is 6.08 Å². The average molecular weight is 481 g/mol. The SMILES string of the molecule is O=C1OC(c2cccc(I)c2)=N/C1=C/c1ccc(OCc2ccccc2)cc1. The van der Waals surface area contributed by atoms with E-state index in [0.717, 1.165) is 26.0 Å². The standard InChI is InChI=1S/C23H16INO3/c24-19-8-4-7-18(14-19)22-25-21(23(26)28-22)13-16-9-11-20(12-10-16)27-15-17-5-2-1-3-6-17/h1-14H,15H2/b21-13+. The van der Waals surface area contributed by atoms with Crippen molar-refractivity contribution in [3.8, 4) is 5.75 Å². The van der Waals surface area contributed by atoms with E-state index in [0.29, 0.717) is 12.5 Å². The molecule has 0 bridgehead atoms. The van der Waals surface area contributed by atoms with Crippen LogP contribution in [0, 0.1) is 3.57 Å². The molecule has 0 fully saturated rings. The molecule has 0 atom stereocenters. The van der Waals surface area contributed by atoms with Gasteiger partial charge >= 0.3 is 5.97 Å². The number of hydrogen-bond donors (Lipinski definition) is 0. The van der Waals surface area contributed by atoms with E-state index in [1.165, 1.54) is 0 Å². The fourth-order valence-corrected chi connectivity index (χ4v) is 3.26. The highest BCUT2D eigenvalue weighted by molar-refractivity contribution is 14.1. The van der Waals surface area contributed by atoms with Crippen LogP contribution in [0.25, 0.3) is 6.08 Å². The molecule has 0 saturated carbocycles. The molecule has 5 heteroatoms. The molecule has 1 aliphatic rings. The minimum absolute atomic E-state index is 0.284. The molecule has 3 aromatic rings. The zero-order chi connectivity index (χ0) is 19.3. The summed E-state index contributed by atoms with van der Waals surface area (Å²) in [6.07, 6.45) is 1.71. The normalized spacial score (nSPS) is 14.7. The van der Waals surface area contributed by atoms with Crippen molar-refractivity contribution in [3.63, 3.8) is 0 Å². The van der Waals surface area contributed by atoms with Crippen LogP contribution in [0.3, 0.4) is 0 Å². The monoisotopic (exact) mass is 481 g/mol. The third kappa shape index (κ3) is 4.48. The summed E-state index contributed by atoms with van der Waals surface area (Å²) in [6, 6.07) is 25.2. The summed E-state index contributed by atoms with van der Waals surface area (Å²) >= 11 is 2.21. The second-order valence-corrected chi connectivity index (χ2v) is 7.44. The van der Waals surface area contributed by atoms with Crippen molar-refractivity contribution in [3.05, 3.63) is 105 Å². The Kier molecular flexibility index (Phi) is 5.53. The van der Waals surface area contributed by atoms with Crippen LogP contribution >= 0.6 is 22.6 Å². The highest BCUT2D eigenvalue weighted by Gasteiger charge is 2.24. The lowest BCUT2D eigenvalue weighted by Crippen LogP contribution is -2.05. The van der Waals surface area contributed by atoms with E-state index in [2.05, 4.69) is 27.6 Å². The van der Waals surface area contributed by atoms with Gasteiger partial charge in [0, 0.05) is 9.13 Å². The molecule has 28 heavy (non-hydrogen) atoms. The van der Waals surface area contributed by atoms with Crippen molar-refractivity contribution in [2.45, 2.75) is 6.61 Å². The second kappa shape index (κ2) is 8.39. The molecule has 1 heterocycles. The van der Waals surface area contributed by atoms with Gasteiger partial charge in [0.1, 0.15) is 12.4 Å². The Hall–Kier alpha value is -2.93. The fraction of sp³-hybridized carbons (Fsp3) is 0.0435. The first-order chi connectivity index (χ1) is 13.7. The van der Waals surface area contributed by atoms with Crippen LogP contribution in [-0.2, 0) is 16.1 Å². The summed E-state index contributed by atoms with van der Waals surface area (Å²) in [5.74, 6) is 0.652. The zero-order valence-corrected chi connectivity index (χ0v) is 17.0. The zero-order valence-electron chi connectivity index (χ0n) is 14.8. The Bertz CT molecular complexity index is 1060. The van der Waals surface area contributed by atoms with Crippen molar-refractivity contribution in [2.24, 2.45) is 4.99 Å². The molecule has 0 unspecified atom stereocenters. The van der Waals surface area contributed by atoms with Gasteiger partial charge in [-0.15, -0.1) is 0 Å². The lowest BCUT2D eigenvalue weighted by atomic mass is 10.2. The Morgan fingerprint density at radius 3 is 2.50 bits per heavy atom. The smallest absolute Gasteiger partial charge is 0.363 e. The maximum absolute atomic E-state index is 12.1. The number of rotatable bonds is 5. The van der Waals surface area contributed by atoms with Gasteiger partial charge in [-0.3, -0.25) is 0 Å². The number of benzene rings is 3. The predicted octanol–water partition coefficient (Wildman–Crippen LogP) is 5.21. The van der Waals surface area contributed by atoms with Crippen LogP contribution < -0.4 is 4.74 Å². The van der Waals surface area contributed by atoms with E-state index < -0.39 is 5.97 Å². The van der Waals surface area contributed by atoms with Gasteiger partial charge < -0.3 is 9.47 Å². The molecule has 0 aromatic heterocycles. The maximum Gasteiger partial charge on any atom is 0.363 e. The molecule has 138 valence electrons. The Morgan fingerprint density at radius 2 is 1.75 bits per heavy atom. The molecule has 0 spiro atoms. The van der Waals surface area contributed by atoms with Crippen molar-refractivity contribution in [1.29, 1.82) is 0 Å². The molecule has 4 rings (SSSR count). The van der Waals surface area contributed by atoms with Crippen molar-refractivity contribution in [1.82, 2.24) is 0 Å². The molecule has 0 aliphatic carbocycles. The first-order valence-corrected chi connectivity index (χ1v) is 9.80. The third-order valence-corrected chi connectivity index (χ3v) is 4.79. The largest absolute Gasteiger partial charge is 0.489 e. The molecular formula is C23H16INO3. The van der Waals surface area contributed by atoms with Crippen molar-refractivity contribution in [2.75, 3.05) is 0 Å². The second-order valence-electron chi connectivity index (χ2n) is 6.19. The van der Waals surface area contributed by atoms with E-state index in [9.17, 15) is 4.79 Å². The molecular weight excluding hydrogens is 465 g/mol. The minimum atomic E-state index is -0.446. The van der Waals surface area contributed by atoms with Gasteiger partial charge in [0.25, 0.3) is 0 Å². The molecule has 0 amide bonds. The highest BCUT2D eigenvalue weighted by atomic mass is 127. The Labute approximate surface area is 176 Å². The Balaban J connectivity index is 1.47. The van der Waals surface area contributed by atoms with Crippen LogP contribution in [0.5, 0.6) is 5.75 Å². The van der Waals surface area contributed by atoms with E-state index >= 15 is 0 Å². The van der Waals surface area contributed by atoms with Crippen LogP contribution in [0.2, 0.25) is 0 Å². The third-order valence-electron chi connectivity index (χ3n) is 4.12. The van der Waals surface area contributed by atoms with Gasteiger partial charge in [0.15, 0.2) is 5.70 Å². The lowest BCUT2D eigenvalue weighted by Gasteiger charge is -2.06. The van der Waals surface area contributed by atoms with Crippen LogP contribution in [-0.4, -0.2) is 11.9 Å². The number of cyclic esters (lactones) is 1. The molecule has 4 nitrogen and oxygen atoms in total. The van der Waals surface area contributed by atoms with Crippen LogP contribution in [0.1, 0.15) is 16.7 Å². The molecule has 0 radical (unpaired) electrons. The highest BCUT2D eigenvalue weighted by Crippen LogP contribution is 2.21. The van der Waals surface area contributed by atoms with Crippen molar-refractivity contribution >= 4 is 40.5 Å². The summed E-state index contributed by atoms with van der Waals surface area (Å²) in [4.78, 5) is 16.5. The predicted molar refractivity (Wildman–Crippen MR) is 117 cm³/mol. The van der Waals surface area contributed by atoms with Gasteiger partial charge in [-0.1, -0.05) is 48.5 Å². The number of nitrogens with zero attached hydrogens (tertiary/aromatic N) is 1. The average Bonchev–Trinajstić information content (AvgIpc) is 3.09. The number of halogens is 1. The van der Waals surface area contributed by atoms with Gasteiger partial charge in [-0.2, -0.15) is 0 Å². The van der Waals surface area contributed by atoms with E-state index in [1.807, 2.05) is 78.9 Å². The van der Waals surface area contributed by atoms with Crippen LogP contribution in [0.15, 0.2) is 89.6 Å². The number of carbonyl (C=O) groups is 1. The summed E-state index contributed by atoms with van der Waals surface area (Å²) in [7, 11) is 0. The topological polar surface area (TPSA) is 47.9 Å². The molecule has 3 aromatic carbocycles. The minimum Gasteiger partial charge on any atom is -0.489 e. The summed E-state index contributed by atoms with van der Waals surface area (Å²) < 4.78 is 12.2. The molecule has 1 aliphatic heterocycles. The maximum atomic E-state index is 12.1. The summed E-state index contributed by atoms with van der Waals surface area (Å²) in [6.45, 7) is 0.511. The number of carbonyl (C=O) groups excluding carboxylic acids is 1. The van der Waals surface area contributed by atoms with Gasteiger partial charge in [-0.05, 0) is 70.1 Å². The van der Waals surface area contributed by atoms with Gasteiger partial charge in [0.05, 0.1) is 0 Å². The molecule has 0 saturated heterocycles. The van der Waals surface area contributed by atoms with Crippen LogP contribution in [0.4, 0.5) is 0 Å². The van der Waals surface area contributed by atoms with E-state index in [4.69, 9.17) is 9.47 Å². The fourth-order valence-electron chi connectivity index (χ4n) is 2.71. The molecule has 0 N–H and O–H groups in total. The Morgan fingerprint density at radius 1 is 0.964 bits per heavy atom. The quantitative estimate of drug-likeness (QED) is 0.286. The van der Waals surface area contributed by atoms with Gasteiger partial charge in [-0.25, -0.2) is 9.79 Å². The summed E-state index contributed by atoms with van der Waals surface area (Å²) in [5.41, 5.74) is 3.03. The van der Waals surface area contributed by atoms with Crippen molar-refractivity contribution < 1.29 is 14.3 Å². The number of esters is 1. The first-order valence-electron chi connectivity index (χ1n) is 8.73. The number of aliphatic imine (C=N–C) groups is 1. The number of hydrogen-bond acceptors (Lipinski definition) is 4. The van der Waals surface area contributed by atoms with E-state index in [-0.39, 0.29) is 5.70 Å².